The maximum absolute atomic E-state index is 11.3. The van der Waals surface area contributed by atoms with Crippen molar-refractivity contribution in [3.8, 4) is 11.3 Å². The molecule has 3 aromatic heterocycles. The van der Waals surface area contributed by atoms with E-state index in [1.807, 2.05) is 18.3 Å². The van der Waals surface area contributed by atoms with E-state index < -0.39 is 5.97 Å². The SMILES string of the molecule is Cc1ccccc1-c1noc(C2CC2)c1/C=C/C1CCN(c2ccc3c(C(=O)O)cnn3c2)CC1. The van der Waals surface area contributed by atoms with Crippen molar-refractivity contribution in [1.29, 1.82) is 0 Å². The fraction of sp³-hybridized carbons (Fsp3) is 0.321. The number of allylic oxidation sites excluding steroid dienone is 1. The maximum Gasteiger partial charge on any atom is 0.339 e. The molecule has 1 aromatic carbocycles. The lowest BCUT2D eigenvalue weighted by molar-refractivity contribution is 0.0699. The van der Waals surface area contributed by atoms with E-state index in [1.54, 1.807) is 4.52 Å². The number of anilines is 1. The molecule has 2 aliphatic rings. The summed E-state index contributed by atoms with van der Waals surface area (Å²) in [7, 11) is 0. The van der Waals surface area contributed by atoms with E-state index in [9.17, 15) is 9.90 Å². The number of aromatic carboxylic acids is 1. The van der Waals surface area contributed by atoms with E-state index in [1.165, 1.54) is 24.6 Å². The molecule has 35 heavy (non-hydrogen) atoms. The van der Waals surface area contributed by atoms with Crippen LogP contribution in [0.3, 0.4) is 0 Å². The fourth-order valence-electron chi connectivity index (χ4n) is 5.05. The molecular formula is C28H28N4O3. The molecule has 0 spiro atoms. The number of benzene rings is 1. The van der Waals surface area contributed by atoms with Gasteiger partial charge in [-0.3, -0.25) is 0 Å². The largest absolute Gasteiger partial charge is 0.478 e. The van der Waals surface area contributed by atoms with Crippen LogP contribution in [0.4, 0.5) is 5.69 Å². The van der Waals surface area contributed by atoms with E-state index in [-0.39, 0.29) is 5.56 Å². The van der Waals surface area contributed by atoms with Gasteiger partial charge in [-0.15, -0.1) is 0 Å². The molecular weight excluding hydrogens is 440 g/mol. The molecule has 1 N–H and O–H groups in total. The van der Waals surface area contributed by atoms with Crippen molar-refractivity contribution >= 4 is 23.2 Å². The minimum Gasteiger partial charge on any atom is -0.478 e. The van der Waals surface area contributed by atoms with Gasteiger partial charge in [0.15, 0.2) is 0 Å². The number of fused-ring (bicyclic) bond motifs is 1. The summed E-state index contributed by atoms with van der Waals surface area (Å²) in [5, 5.41) is 18.0. The first-order valence-corrected chi connectivity index (χ1v) is 12.3. The van der Waals surface area contributed by atoms with E-state index in [4.69, 9.17) is 4.52 Å². The Hall–Kier alpha value is -3.87. The molecule has 178 valence electrons. The van der Waals surface area contributed by atoms with Crippen LogP contribution < -0.4 is 4.90 Å². The van der Waals surface area contributed by atoms with Gasteiger partial charge in [0.1, 0.15) is 17.0 Å². The Bertz CT molecular complexity index is 1420. The number of hydrogen-bond donors (Lipinski definition) is 1. The van der Waals surface area contributed by atoms with Crippen LogP contribution in [-0.4, -0.2) is 38.9 Å². The minimum atomic E-state index is -0.955. The van der Waals surface area contributed by atoms with Crippen LogP contribution in [0.15, 0.2) is 59.4 Å². The second-order valence-corrected chi connectivity index (χ2v) is 9.66. The summed E-state index contributed by atoms with van der Waals surface area (Å²) < 4.78 is 7.50. The number of aryl methyl sites for hydroxylation is 1. The molecule has 0 radical (unpaired) electrons. The third-order valence-electron chi connectivity index (χ3n) is 7.27. The van der Waals surface area contributed by atoms with E-state index >= 15 is 0 Å². The highest BCUT2D eigenvalue weighted by Gasteiger charge is 2.32. The zero-order valence-electron chi connectivity index (χ0n) is 19.7. The number of carboxylic acids is 1. The Balaban J connectivity index is 1.18. The molecule has 4 aromatic rings. The molecule has 1 aliphatic carbocycles. The van der Waals surface area contributed by atoms with Crippen molar-refractivity contribution in [2.45, 2.75) is 38.5 Å². The second-order valence-electron chi connectivity index (χ2n) is 9.66. The molecule has 1 saturated carbocycles. The number of hydrogen-bond acceptors (Lipinski definition) is 5. The summed E-state index contributed by atoms with van der Waals surface area (Å²) in [6, 6.07) is 12.2. The summed E-state index contributed by atoms with van der Waals surface area (Å²) >= 11 is 0. The Kier molecular flexibility index (Phi) is 5.40. The van der Waals surface area contributed by atoms with Gasteiger partial charge in [-0.05, 0) is 56.2 Å². The molecule has 7 nitrogen and oxygen atoms in total. The zero-order valence-corrected chi connectivity index (χ0v) is 19.7. The van der Waals surface area contributed by atoms with Crippen molar-refractivity contribution in [3.63, 3.8) is 0 Å². The Morgan fingerprint density at radius 2 is 1.91 bits per heavy atom. The van der Waals surface area contributed by atoms with E-state index in [0.717, 1.165) is 54.2 Å². The van der Waals surface area contributed by atoms with Crippen molar-refractivity contribution in [3.05, 3.63) is 77.3 Å². The van der Waals surface area contributed by atoms with Crippen LogP contribution in [0.25, 0.3) is 22.9 Å². The molecule has 7 heteroatoms. The number of rotatable bonds is 6. The van der Waals surface area contributed by atoms with Crippen molar-refractivity contribution < 1.29 is 14.4 Å². The smallest absolute Gasteiger partial charge is 0.339 e. The highest BCUT2D eigenvalue weighted by atomic mass is 16.5. The number of pyridine rings is 1. The summed E-state index contributed by atoms with van der Waals surface area (Å²) in [6.45, 7) is 4.00. The Labute approximate surface area is 203 Å². The average molecular weight is 469 g/mol. The third kappa shape index (κ3) is 4.11. The van der Waals surface area contributed by atoms with Crippen molar-refractivity contribution in [2.24, 2.45) is 5.92 Å². The third-order valence-corrected chi connectivity index (χ3v) is 7.27. The predicted octanol–water partition coefficient (Wildman–Crippen LogP) is 5.80. The Morgan fingerprint density at radius 3 is 2.66 bits per heavy atom. The lowest BCUT2D eigenvalue weighted by Crippen LogP contribution is -2.33. The molecule has 2 fully saturated rings. The standard InChI is InChI=1S/C28H28N4O3/c1-18-4-2-3-5-22(18)26-23(27(35-30-26)20-7-8-20)10-6-19-12-14-31(15-13-19)21-9-11-25-24(28(33)34)16-29-32(25)17-21/h2-6,9-11,16-17,19-20H,7-8,12-15H2,1H3,(H,33,34)/b10-6+. The van der Waals surface area contributed by atoms with Gasteiger partial charge in [0.25, 0.3) is 0 Å². The number of nitrogens with zero attached hydrogens (tertiary/aromatic N) is 4. The van der Waals surface area contributed by atoms with Crippen LogP contribution in [-0.2, 0) is 0 Å². The van der Waals surface area contributed by atoms with Crippen LogP contribution in [0, 0.1) is 12.8 Å². The molecule has 1 saturated heterocycles. The Morgan fingerprint density at radius 1 is 1.11 bits per heavy atom. The van der Waals surface area contributed by atoms with Gasteiger partial charge in [-0.2, -0.15) is 5.10 Å². The van der Waals surface area contributed by atoms with Gasteiger partial charge in [0, 0.05) is 30.1 Å². The lowest BCUT2D eigenvalue weighted by atomic mass is 9.94. The van der Waals surface area contributed by atoms with Gasteiger partial charge in [0.05, 0.1) is 23.6 Å². The zero-order chi connectivity index (χ0) is 23.9. The molecule has 1 aliphatic heterocycles. The molecule has 0 atom stereocenters. The molecule has 4 heterocycles. The van der Waals surface area contributed by atoms with Crippen molar-refractivity contribution in [2.75, 3.05) is 18.0 Å². The van der Waals surface area contributed by atoms with E-state index in [2.05, 4.69) is 58.5 Å². The van der Waals surface area contributed by atoms with Gasteiger partial charge < -0.3 is 14.5 Å². The van der Waals surface area contributed by atoms with Gasteiger partial charge in [0.2, 0.25) is 0 Å². The summed E-state index contributed by atoms with van der Waals surface area (Å²) in [6.07, 6.45) is 12.4. The summed E-state index contributed by atoms with van der Waals surface area (Å²) in [5.74, 6) is 1.07. The lowest BCUT2D eigenvalue weighted by Gasteiger charge is -2.32. The summed E-state index contributed by atoms with van der Waals surface area (Å²) in [4.78, 5) is 13.7. The molecule has 0 amide bonds. The van der Waals surface area contributed by atoms with Gasteiger partial charge in [-0.1, -0.05) is 41.6 Å². The highest BCUT2D eigenvalue weighted by molar-refractivity contribution is 5.95. The first kappa shape index (κ1) is 21.6. The predicted molar refractivity (Wildman–Crippen MR) is 135 cm³/mol. The number of aromatic nitrogens is 3. The first-order valence-electron chi connectivity index (χ1n) is 12.3. The first-order chi connectivity index (χ1) is 17.1. The van der Waals surface area contributed by atoms with Crippen LogP contribution in [0.2, 0.25) is 0 Å². The molecule has 6 rings (SSSR count). The maximum atomic E-state index is 11.3. The highest BCUT2D eigenvalue weighted by Crippen LogP contribution is 2.45. The topological polar surface area (TPSA) is 83.9 Å². The monoisotopic (exact) mass is 468 g/mol. The van der Waals surface area contributed by atoms with Crippen LogP contribution in [0.1, 0.15) is 58.8 Å². The van der Waals surface area contributed by atoms with Crippen LogP contribution in [0.5, 0.6) is 0 Å². The fourth-order valence-corrected chi connectivity index (χ4v) is 5.05. The van der Waals surface area contributed by atoms with Crippen molar-refractivity contribution in [1.82, 2.24) is 14.8 Å². The quantitative estimate of drug-likeness (QED) is 0.385. The normalized spacial score (nSPS) is 17.0. The van der Waals surface area contributed by atoms with Crippen LogP contribution >= 0.6 is 0 Å². The van der Waals surface area contributed by atoms with E-state index in [0.29, 0.717) is 17.4 Å². The number of piperidine rings is 1. The minimum absolute atomic E-state index is 0.227. The number of carboxylic acid groups (broad SMARTS) is 1. The van der Waals surface area contributed by atoms with Gasteiger partial charge in [-0.25, -0.2) is 9.31 Å². The summed E-state index contributed by atoms with van der Waals surface area (Å²) in [5.41, 5.74) is 6.34. The molecule has 0 bridgehead atoms. The molecule has 0 unspecified atom stereocenters. The average Bonchev–Trinajstić information content (AvgIpc) is 3.48. The second kappa shape index (κ2) is 8.73. The number of carbonyl (C=O) groups is 1. The van der Waals surface area contributed by atoms with Gasteiger partial charge >= 0.3 is 5.97 Å².